The third kappa shape index (κ3) is 3.80. The number of carbonyl (C=O) groups excluding carboxylic acids is 1. The zero-order chi connectivity index (χ0) is 19.1. The molecule has 4 heterocycles. The third-order valence-electron chi connectivity index (χ3n) is 5.75. The summed E-state index contributed by atoms with van der Waals surface area (Å²) in [4.78, 5) is 25.7. The Bertz CT molecular complexity index is 958. The second-order valence-electron chi connectivity index (χ2n) is 7.58. The highest BCUT2D eigenvalue weighted by atomic mass is 32.2. The molecule has 9 heteroatoms. The first-order chi connectivity index (χ1) is 12.9. The maximum atomic E-state index is 12.4. The van der Waals surface area contributed by atoms with Crippen molar-refractivity contribution in [3.63, 3.8) is 0 Å². The molecule has 2 aromatic heterocycles. The van der Waals surface area contributed by atoms with Crippen molar-refractivity contribution in [2.45, 2.75) is 37.6 Å². The minimum Gasteiger partial charge on any atom is -0.341 e. The van der Waals surface area contributed by atoms with E-state index in [1.165, 1.54) is 6.26 Å². The largest absolute Gasteiger partial charge is 0.341 e. The summed E-state index contributed by atoms with van der Waals surface area (Å²) in [7, 11) is -3.09. The van der Waals surface area contributed by atoms with Crippen molar-refractivity contribution in [3.8, 4) is 0 Å². The smallest absolute Gasteiger partial charge is 0.225 e. The average Bonchev–Trinajstić information content (AvgIpc) is 3.12. The summed E-state index contributed by atoms with van der Waals surface area (Å²) in [5, 5.41) is 2.02. The zero-order valence-corrected chi connectivity index (χ0v) is 17.1. The number of amides is 1. The van der Waals surface area contributed by atoms with Crippen LogP contribution < -0.4 is 4.90 Å². The van der Waals surface area contributed by atoms with Gasteiger partial charge in [-0.1, -0.05) is 0 Å². The SMILES string of the molecule is CS(=O)(=O)CCN1C(=O)CC[C@]12CCCN(c1ncc3sccc3n1)CC2. The number of hydrogen-bond acceptors (Lipinski definition) is 7. The molecule has 146 valence electrons. The lowest BCUT2D eigenvalue weighted by molar-refractivity contribution is -0.131. The van der Waals surface area contributed by atoms with Gasteiger partial charge >= 0.3 is 0 Å². The summed E-state index contributed by atoms with van der Waals surface area (Å²) < 4.78 is 24.3. The van der Waals surface area contributed by atoms with Crippen LogP contribution in [0.5, 0.6) is 0 Å². The second-order valence-corrected chi connectivity index (χ2v) is 10.8. The molecule has 2 aliphatic heterocycles. The molecule has 0 aromatic carbocycles. The second kappa shape index (κ2) is 7.01. The summed E-state index contributed by atoms with van der Waals surface area (Å²) in [5.74, 6) is 0.857. The number of nitrogens with zero attached hydrogens (tertiary/aromatic N) is 4. The first-order valence-corrected chi connectivity index (χ1v) is 12.2. The van der Waals surface area contributed by atoms with Crippen molar-refractivity contribution in [1.29, 1.82) is 0 Å². The van der Waals surface area contributed by atoms with Crippen molar-refractivity contribution in [3.05, 3.63) is 17.6 Å². The molecular formula is C18H24N4O3S2. The highest BCUT2D eigenvalue weighted by molar-refractivity contribution is 7.90. The topological polar surface area (TPSA) is 83.5 Å². The van der Waals surface area contributed by atoms with E-state index in [1.54, 1.807) is 11.3 Å². The number of fused-ring (bicyclic) bond motifs is 1. The van der Waals surface area contributed by atoms with Gasteiger partial charge in [0.25, 0.3) is 0 Å². The lowest BCUT2D eigenvalue weighted by Gasteiger charge is -2.38. The van der Waals surface area contributed by atoms with E-state index in [-0.39, 0.29) is 17.2 Å². The number of likely N-dealkylation sites (tertiary alicyclic amines) is 1. The van der Waals surface area contributed by atoms with Crippen LogP contribution in [0.4, 0.5) is 5.95 Å². The summed E-state index contributed by atoms with van der Waals surface area (Å²) in [5.41, 5.74) is 0.748. The maximum Gasteiger partial charge on any atom is 0.225 e. The molecule has 0 aliphatic carbocycles. The van der Waals surface area contributed by atoms with Crippen LogP contribution in [0, 0.1) is 0 Å². The van der Waals surface area contributed by atoms with Gasteiger partial charge in [-0.3, -0.25) is 4.79 Å². The summed E-state index contributed by atoms with van der Waals surface area (Å²) in [6.07, 6.45) is 7.10. The number of sulfone groups is 1. The Hall–Kier alpha value is -1.74. The van der Waals surface area contributed by atoms with Crippen LogP contribution >= 0.6 is 11.3 Å². The molecule has 1 spiro atoms. The van der Waals surface area contributed by atoms with Crippen molar-refractivity contribution < 1.29 is 13.2 Å². The van der Waals surface area contributed by atoms with Crippen molar-refractivity contribution >= 4 is 43.2 Å². The Balaban J connectivity index is 1.51. The van der Waals surface area contributed by atoms with E-state index >= 15 is 0 Å². The van der Waals surface area contributed by atoms with Crippen LogP contribution in [0.1, 0.15) is 32.1 Å². The fraction of sp³-hybridized carbons (Fsp3) is 0.611. The number of anilines is 1. The van der Waals surface area contributed by atoms with E-state index in [0.717, 1.165) is 54.9 Å². The van der Waals surface area contributed by atoms with E-state index in [0.29, 0.717) is 13.0 Å². The van der Waals surface area contributed by atoms with E-state index < -0.39 is 9.84 Å². The Morgan fingerprint density at radius 3 is 2.93 bits per heavy atom. The number of thiophene rings is 1. The van der Waals surface area contributed by atoms with Crippen LogP contribution in [-0.2, 0) is 14.6 Å². The average molecular weight is 409 g/mol. The molecule has 7 nitrogen and oxygen atoms in total. The van der Waals surface area contributed by atoms with Crippen LogP contribution in [-0.4, -0.2) is 66.4 Å². The Morgan fingerprint density at radius 1 is 1.26 bits per heavy atom. The summed E-state index contributed by atoms with van der Waals surface area (Å²) in [6.45, 7) is 1.93. The molecular weight excluding hydrogens is 384 g/mol. The fourth-order valence-electron chi connectivity index (χ4n) is 4.30. The maximum absolute atomic E-state index is 12.4. The quantitative estimate of drug-likeness (QED) is 0.770. The minimum absolute atomic E-state index is 0.0299. The monoisotopic (exact) mass is 408 g/mol. The minimum atomic E-state index is -3.09. The lowest BCUT2D eigenvalue weighted by atomic mass is 9.88. The molecule has 2 fully saturated rings. The number of rotatable bonds is 4. The molecule has 2 aliphatic rings. The van der Waals surface area contributed by atoms with Crippen molar-refractivity contribution in [1.82, 2.24) is 14.9 Å². The van der Waals surface area contributed by atoms with Gasteiger partial charge in [0.15, 0.2) is 0 Å². The first-order valence-electron chi connectivity index (χ1n) is 9.30. The fourth-order valence-corrected chi connectivity index (χ4v) is 5.51. The Morgan fingerprint density at radius 2 is 2.11 bits per heavy atom. The molecule has 0 radical (unpaired) electrons. The molecule has 0 N–H and O–H groups in total. The van der Waals surface area contributed by atoms with E-state index in [9.17, 15) is 13.2 Å². The van der Waals surface area contributed by atoms with Crippen LogP contribution in [0.25, 0.3) is 10.2 Å². The molecule has 0 bridgehead atoms. The van der Waals surface area contributed by atoms with Gasteiger partial charge in [-0.15, -0.1) is 11.3 Å². The molecule has 0 unspecified atom stereocenters. The molecule has 2 saturated heterocycles. The van der Waals surface area contributed by atoms with Gasteiger partial charge in [0.1, 0.15) is 9.84 Å². The lowest BCUT2D eigenvalue weighted by Crippen LogP contribution is -2.48. The van der Waals surface area contributed by atoms with E-state index in [2.05, 4.69) is 14.9 Å². The highest BCUT2D eigenvalue weighted by Crippen LogP contribution is 2.39. The van der Waals surface area contributed by atoms with Crippen molar-refractivity contribution in [2.24, 2.45) is 0 Å². The predicted molar refractivity (Wildman–Crippen MR) is 107 cm³/mol. The number of aromatic nitrogens is 2. The summed E-state index contributed by atoms with van der Waals surface area (Å²) >= 11 is 1.63. The summed E-state index contributed by atoms with van der Waals surface area (Å²) in [6, 6.07) is 2.01. The third-order valence-corrected chi connectivity index (χ3v) is 7.52. The van der Waals surface area contributed by atoms with E-state index in [4.69, 9.17) is 0 Å². The molecule has 0 saturated carbocycles. The molecule has 27 heavy (non-hydrogen) atoms. The molecule has 2 aromatic rings. The Kier molecular flexibility index (Phi) is 4.84. The normalized spacial score (nSPS) is 24.1. The van der Waals surface area contributed by atoms with Crippen LogP contribution in [0.3, 0.4) is 0 Å². The zero-order valence-electron chi connectivity index (χ0n) is 15.4. The van der Waals surface area contributed by atoms with Gasteiger partial charge in [0, 0.05) is 37.8 Å². The Labute approximate surface area is 163 Å². The standard InChI is InChI=1S/C18H24N4O3S2/c1-27(24,25)12-10-22-16(23)3-6-18(22)5-2-8-21(9-7-18)17-19-13-15-14(20-17)4-11-26-15/h4,11,13H,2-3,5-10,12H2,1H3/t18-/m0/s1. The van der Waals surface area contributed by atoms with E-state index in [1.807, 2.05) is 22.5 Å². The van der Waals surface area contributed by atoms with Gasteiger partial charge in [0.2, 0.25) is 11.9 Å². The molecule has 1 amide bonds. The molecule has 1 atom stereocenters. The number of hydrogen-bond donors (Lipinski definition) is 0. The van der Waals surface area contributed by atoms with Crippen LogP contribution in [0.2, 0.25) is 0 Å². The van der Waals surface area contributed by atoms with Gasteiger partial charge in [-0.05, 0) is 37.1 Å². The van der Waals surface area contributed by atoms with Crippen LogP contribution in [0.15, 0.2) is 17.6 Å². The molecule has 4 rings (SSSR count). The van der Waals surface area contributed by atoms with Crippen molar-refractivity contribution in [2.75, 3.05) is 36.5 Å². The number of carbonyl (C=O) groups is 1. The van der Waals surface area contributed by atoms with Gasteiger partial charge in [-0.2, -0.15) is 0 Å². The first kappa shape index (κ1) is 18.6. The van der Waals surface area contributed by atoms with Gasteiger partial charge in [0.05, 0.1) is 22.2 Å². The van der Waals surface area contributed by atoms with Gasteiger partial charge in [-0.25, -0.2) is 18.4 Å². The highest BCUT2D eigenvalue weighted by Gasteiger charge is 2.45. The van der Waals surface area contributed by atoms with Gasteiger partial charge < -0.3 is 9.80 Å². The predicted octanol–water partition coefficient (Wildman–Crippen LogP) is 2.09.